The highest BCUT2D eigenvalue weighted by atomic mass is 17.2. The molecule has 0 aliphatic heterocycles. The predicted molar refractivity (Wildman–Crippen MR) is 111 cm³/mol. The van der Waals surface area contributed by atoms with Crippen LogP contribution in [0.1, 0.15) is 109 Å². The summed E-state index contributed by atoms with van der Waals surface area (Å²) < 4.78 is 0. The van der Waals surface area contributed by atoms with Crippen LogP contribution in [0.4, 0.5) is 0 Å². The minimum atomic E-state index is -0.693. The van der Waals surface area contributed by atoms with E-state index in [2.05, 4.69) is 0 Å². The number of carboxylic acids is 1. The fourth-order valence-electron chi connectivity index (χ4n) is 0.828. The van der Waals surface area contributed by atoms with Gasteiger partial charge in [0.1, 0.15) is 0 Å². The van der Waals surface area contributed by atoms with Crippen LogP contribution in [0.15, 0.2) is 0 Å². The highest BCUT2D eigenvalue weighted by Crippen LogP contribution is 2.15. The maximum atomic E-state index is 9.76. The average molecular weight is 395 g/mol. The minimum Gasteiger partial charge on any atom is -0.481 e. The molecule has 0 spiro atoms. The van der Waals surface area contributed by atoms with E-state index in [0.29, 0.717) is 6.42 Å². The summed E-state index contributed by atoms with van der Waals surface area (Å²) in [5.41, 5.74) is -0.860. The summed E-state index contributed by atoms with van der Waals surface area (Å²) >= 11 is 0. The molecule has 0 saturated heterocycles. The van der Waals surface area contributed by atoms with E-state index in [1.54, 1.807) is 0 Å². The molecule has 0 aliphatic rings. The molecule has 0 aromatic rings. The van der Waals surface area contributed by atoms with Crippen molar-refractivity contribution in [2.24, 2.45) is 0 Å². The van der Waals surface area contributed by atoms with Gasteiger partial charge in [-0.05, 0) is 89.5 Å². The van der Waals surface area contributed by atoms with Crippen molar-refractivity contribution in [2.75, 3.05) is 0 Å². The lowest BCUT2D eigenvalue weighted by Crippen LogP contribution is -2.27. The van der Waals surface area contributed by atoms with Gasteiger partial charge in [-0.15, -0.1) is 0 Å². The number of aliphatic carboxylic acids is 1. The van der Waals surface area contributed by atoms with Gasteiger partial charge in [-0.25, -0.2) is 19.6 Å². The van der Waals surface area contributed by atoms with Crippen LogP contribution < -0.4 is 0 Å². The van der Waals surface area contributed by atoms with Crippen molar-refractivity contribution in [3.05, 3.63) is 0 Å². The van der Waals surface area contributed by atoms with E-state index in [0.717, 1.165) is 12.8 Å². The first-order valence-electron chi connectivity index (χ1n) is 9.64. The summed E-state index contributed by atoms with van der Waals surface area (Å²) in [6.45, 7) is 25.5. The molecule has 0 unspecified atom stereocenters. The maximum Gasteiger partial charge on any atom is 0.303 e. The molecular formula is C21H46O6. The zero-order valence-electron chi connectivity index (χ0n) is 20.1. The molecule has 0 fully saturated rings. The molecule has 0 amide bonds. The first-order chi connectivity index (χ1) is 11.7. The fraction of sp³-hybridized carbons (Fsp3) is 0.952. The second kappa shape index (κ2) is 13.5. The monoisotopic (exact) mass is 394 g/mol. The Balaban J connectivity index is -0.000000326. The molecule has 0 atom stereocenters. The fourth-order valence-corrected chi connectivity index (χ4v) is 0.828. The van der Waals surface area contributed by atoms with Crippen molar-refractivity contribution in [1.82, 2.24) is 0 Å². The summed E-state index contributed by atoms with van der Waals surface area (Å²) in [5, 5.41) is 8.04. The van der Waals surface area contributed by atoms with Crippen molar-refractivity contribution in [2.45, 2.75) is 132 Å². The minimum absolute atomic E-state index is 0.215. The number of unbranched alkanes of at least 4 members (excludes halogenated alkanes) is 1. The van der Waals surface area contributed by atoms with E-state index >= 15 is 0 Å². The van der Waals surface area contributed by atoms with Gasteiger partial charge in [-0.1, -0.05) is 13.3 Å². The number of carboxylic acid groups (broad SMARTS) is 1. The zero-order valence-corrected chi connectivity index (χ0v) is 20.1. The highest BCUT2D eigenvalue weighted by Gasteiger charge is 2.19. The van der Waals surface area contributed by atoms with Crippen LogP contribution >= 0.6 is 0 Å². The van der Waals surface area contributed by atoms with Gasteiger partial charge in [0, 0.05) is 6.42 Å². The van der Waals surface area contributed by atoms with Crippen molar-refractivity contribution < 1.29 is 29.5 Å². The van der Waals surface area contributed by atoms with Gasteiger partial charge in [0.05, 0.1) is 22.4 Å². The van der Waals surface area contributed by atoms with Crippen molar-refractivity contribution in [3.63, 3.8) is 0 Å². The molecule has 0 rings (SSSR count). The summed E-state index contributed by atoms with van der Waals surface area (Å²) in [4.78, 5) is 30.1. The SMILES string of the molecule is CC(C)(C)OOC(C)(C)C.CC(C)(C)OOC(C)(C)C.CCCCC(=O)O. The molecule has 0 saturated carbocycles. The maximum absolute atomic E-state index is 9.76. The smallest absolute Gasteiger partial charge is 0.303 e. The normalized spacial score (nSPS) is 12.5. The summed E-state index contributed by atoms with van der Waals surface area (Å²) in [6.07, 6.45) is 2.08. The molecule has 1 N–H and O–H groups in total. The van der Waals surface area contributed by atoms with Crippen LogP contribution in [0.5, 0.6) is 0 Å². The Kier molecular flexibility index (Phi) is 15.5. The first kappa shape index (κ1) is 31.0. The van der Waals surface area contributed by atoms with Crippen LogP contribution in [-0.4, -0.2) is 33.5 Å². The van der Waals surface area contributed by atoms with Gasteiger partial charge < -0.3 is 5.11 Å². The summed E-state index contributed by atoms with van der Waals surface area (Å²) in [5.74, 6) is -0.693. The molecule has 6 nitrogen and oxygen atoms in total. The van der Waals surface area contributed by atoms with E-state index in [4.69, 9.17) is 24.7 Å². The van der Waals surface area contributed by atoms with Gasteiger partial charge in [0.2, 0.25) is 0 Å². The Morgan fingerprint density at radius 2 is 0.852 bits per heavy atom. The lowest BCUT2D eigenvalue weighted by Gasteiger charge is -2.24. The van der Waals surface area contributed by atoms with Crippen LogP contribution in [0.3, 0.4) is 0 Å². The Hall–Kier alpha value is -0.690. The molecule has 0 aliphatic carbocycles. The van der Waals surface area contributed by atoms with Crippen molar-refractivity contribution >= 4 is 5.97 Å². The Bertz CT molecular complexity index is 308. The Labute approximate surface area is 167 Å². The molecule has 0 radical (unpaired) electrons. The number of rotatable bonds is 5. The van der Waals surface area contributed by atoms with Gasteiger partial charge in [0.25, 0.3) is 0 Å². The van der Waals surface area contributed by atoms with Gasteiger partial charge in [-0.2, -0.15) is 0 Å². The van der Waals surface area contributed by atoms with E-state index in [1.807, 2.05) is 90.0 Å². The number of hydrogen-bond donors (Lipinski definition) is 1. The van der Waals surface area contributed by atoms with Gasteiger partial charge >= 0.3 is 5.97 Å². The van der Waals surface area contributed by atoms with Crippen molar-refractivity contribution in [3.8, 4) is 0 Å². The number of carbonyl (C=O) groups is 1. The quantitative estimate of drug-likeness (QED) is 0.434. The average Bonchev–Trinajstić information content (AvgIpc) is 2.39. The van der Waals surface area contributed by atoms with E-state index < -0.39 is 5.97 Å². The predicted octanol–water partition coefficient (Wildman–Crippen LogP) is 6.32. The third-order valence-corrected chi connectivity index (χ3v) is 1.83. The third-order valence-electron chi connectivity index (χ3n) is 1.83. The summed E-state index contributed by atoms with van der Waals surface area (Å²) in [7, 11) is 0. The molecule has 6 heteroatoms. The molecule has 0 aromatic heterocycles. The molecule has 27 heavy (non-hydrogen) atoms. The molecule has 0 heterocycles. The Morgan fingerprint density at radius 1 is 0.630 bits per heavy atom. The largest absolute Gasteiger partial charge is 0.481 e. The lowest BCUT2D eigenvalue weighted by molar-refractivity contribution is -0.393. The molecule has 166 valence electrons. The molecular weight excluding hydrogens is 348 g/mol. The van der Waals surface area contributed by atoms with Crippen LogP contribution in [0.25, 0.3) is 0 Å². The van der Waals surface area contributed by atoms with Gasteiger partial charge in [0.15, 0.2) is 0 Å². The first-order valence-corrected chi connectivity index (χ1v) is 9.64. The lowest BCUT2D eigenvalue weighted by atomic mass is 10.2. The molecule has 0 aromatic carbocycles. The van der Waals surface area contributed by atoms with E-state index in [-0.39, 0.29) is 22.4 Å². The topological polar surface area (TPSA) is 74.2 Å². The van der Waals surface area contributed by atoms with Crippen molar-refractivity contribution in [1.29, 1.82) is 0 Å². The van der Waals surface area contributed by atoms with E-state index in [9.17, 15) is 4.79 Å². The summed E-state index contributed by atoms with van der Waals surface area (Å²) in [6, 6.07) is 0. The zero-order chi connectivity index (χ0) is 22.5. The Morgan fingerprint density at radius 3 is 0.926 bits per heavy atom. The highest BCUT2D eigenvalue weighted by molar-refractivity contribution is 5.66. The van der Waals surface area contributed by atoms with Crippen LogP contribution in [0, 0.1) is 0 Å². The molecule has 0 bridgehead atoms. The second-order valence-corrected chi connectivity index (χ2v) is 10.3. The number of hydrogen-bond acceptors (Lipinski definition) is 5. The van der Waals surface area contributed by atoms with Gasteiger partial charge in [-0.3, -0.25) is 4.79 Å². The standard InChI is InChI=1S/2C8H18O2.C5H10O2/c2*1-7(2,3)9-10-8(4,5)6;1-2-3-4-5(6)7/h2*1-6H3;2-4H2,1H3,(H,6,7). The third kappa shape index (κ3) is 45.9. The second-order valence-electron chi connectivity index (χ2n) is 10.3. The van der Waals surface area contributed by atoms with Crippen LogP contribution in [-0.2, 0) is 24.3 Å². The van der Waals surface area contributed by atoms with Crippen LogP contribution in [0.2, 0.25) is 0 Å². The van der Waals surface area contributed by atoms with E-state index in [1.165, 1.54) is 0 Å².